The monoisotopic (exact) mass is 435 g/mol. The van der Waals surface area contributed by atoms with Gasteiger partial charge in [0.1, 0.15) is 0 Å². The zero-order chi connectivity index (χ0) is 15.1. The molecule has 0 spiro atoms. The van der Waals surface area contributed by atoms with Gasteiger partial charge in [0.2, 0.25) is 0 Å². The Morgan fingerprint density at radius 3 is 2.76 bits per heavy atom. The Kier molecular flexibility index (Phi) is 7.96. The number of hydrogen-bond donors (Lipinski definition) is 1. The largest absolute Gasteiger partial charge is 0.383 e. The highest BCUT2D eigenvalue weighted by Crippen LogP contribution is 2.36. The van der Waals surface area contributed by atoms with Crippen molar-refractivity contribution in [1.82, 2.24) is 5.32 Å². The number of ether oxygens (including phenoxy) is 1. The molecule has 0 radical (unpaired) electrons. The van der Waals surface area contributed by atoms with Gasteiger partial charge in [-0.1, -0.05) is 24.8 Å². The van der Waals surface area contributed by atoms with Crippen molar-refractivity contribution in [2.45, 2.75) is 32.1 Å². The Morgan fingerprint density at radius 1 is 1.38 bits per heavy atom. The second-order valence-electron chi connectivity index (χ2n) is 5.49. The van der Waals surface area contributed by atoms with Crippen molar-refractivity contribution in [3.8, 4) is 0 Å². The van der Waals surface area contributed by atoms with Crippen molar-refractivity contribution in [2.75, 3.05) is 26.8 Å². The molecule has 1 aliphatic rings. The van der Waals surface area contributed by atoms with E-state index in [4.69, 9.17) is 4.74 Å². The van der Waals surface area contributed by atoms with Crippen LogP contribution in [0.5, 0.6) is 0 Å². The Bertz CT molecular complexity index is 447. The molecule has 0 aliphatic heterocycles. The van der Waals surface area contributed by atoms with E-state index in [-0.39, 0.29) is 0 Å². The molecule has 2 nitrogen and oxygen atoms in total. The minimum absolute atomic E-state index is 0.744. The van der Waals surface area contributed by atoms with Gasteiger partial charge in [-0.05, 0) is 62.8 Å². The fourth-order valence-corrected chi connectivity index (χ4v) is 4.88. The van der Waals surface area contributed by atoms with Gasteiger partial charge in [-0.3, -0.25) is 0 Å². The van der Waals surface area contributed by atoms with E-state index in [2.05, 4.69) is 49.3 Å². The second-order valence-corrected chi connectivity index (χ2v) is 8.75. The third kappa shape index (κ3) is 5.79. The van der Waals surface area contributed by atoms with Crippen molar-refractivity contribution in [1.29, 1.82) is 0 Å². The molecule has 1 heterocycles. The molecule has 1 fully saturated rings. The molecule has 1 aromatic rings. The number of hydrogen-bond acceptors (Lipinski definition) is 3. The van der Waals surface area contributed by atoms with Crippen LogP contribution in [0.3, 0.4) is 0 Å². The zero-order valence-corrected chi connectivity index (χ0v) is 16.4. The van der Waals surface area contributed by atoms with Crippen molar-refractivity contribution in [2.24, 2.45) is 5.92 Å². The number of thiophene rings is 1. The van der Waals surface area contributed by atoms with E-state index < -0.39 is 0 Å². The summed E-state index contributed by atoms with van der Waals surface area (Å²) in [5.41, 5.74) is 1.55. The maximum atomic E-state index is 5.11. The van der Waals surface area contributed by atoms with Crippen LogP contribution in [-0.2, 0) is 4.74 Å². The van der Waals surface area contributed by atoms with Gasteiger partial charge >= 0.3 is 0 Å². The van der Waals surface area contributed by atoms with Gasteiger partial charge in [0.25, 0.3) is 0 Å². The summed E-state index contributed by atoms with van der Waals surface area (Å²) in [6, 6.07) is 2.20. The highest BCUT2D eigenvalue weighted by molar-refractivity contribution is 9.13. The molecule has 0 amide bonds. The van der Waals surface area contributed by atoms with Gasteiger partial charge in [-0.2, -0.15) is 0 Å². The van der Waals surface area contributed by atoms with Crippen molar-refractivity contribution >= 4 is 49.3 Å². The lowest BCUT2D eigenvalue weighted by Crippen LogP contribution is -2.25. The third-order valence-electron chi connectivity index (χ3n) is 3.93. The highest BCUT2D eigenvalue weighted by Gasteiger charge is 2.18. The molecule has 0 aromatic carbocycles. The van der Waals surface area contributed by atoms with E-state index in [0.29, 0.717) is 0 Å². The summed E-state index contributed by atoms with van der Waals surface area (Å²) < 4.78 is 7.43. The van der Waals surface area contributed by atoms with Crippen LogP contribution in [0.1, 0.15) is 37.0 Å². The Labute approximate surface area is 148 Å². The molecular weight excluding hydrogens is 414 g/mol. The first-order chi connectivity index (χ1) is 10.2. The Morgan fingerprint density at radius 2 is 2.14 bits per heavy atom. The Hall–Kier alpha value is 0.320. The lowest BCUT2D eigenvalue weighted by molar-refractivity contribution is 0.200. The SMILES string of the molecule is COCCNCC(=Cc1cc(Br)c(Br)s1)C1CCCCC1. The predicted octanol–water partition coefficient (Wildman–Crippen LogP) is 5.47. The van der Waals surface area contributed by atoms with Crippen LogP contribution in [0.15, 0.2) is 19.9 Å². The van der Waals surface area contributed by atoms with Crippen LogP contribution in [0, 0.1) is 5.92 Å². The summed E-state index contributed by atoms with van der Waals surface area (Å²) in [5, 5.41) is 3.51. The minimum atomic E-state index is 0.744. The summed E-state index contributed by atoms with van der Waals surface area (Å²) in [7, 11) is 1.75. The molecule has 0 saturated heterocycles. The lowest BCUT2D eigenvalue weighted by atomic mass is 9.83. The molecular formula is C16H23Br2NOS. The predicted molar refractivity (Wildman–Crippen MR) is 99.0 cm³/mol. The number of halogens is 2. The van der Waals surface area contributed by atoms with Crippen LogP contribution < -0.4 is 5.32 Å². The van der Waals surface area contributed by atoms with E-state index in [1.165, 1.54) is 40.8 Å². The van der Waals surface area contributed by atoms with Crippen LogP contribution >= 0.6 is 43.2 Å². The minimum Gasteiger partial charge on any atom is -0.383 e. The maximum absolute atomic E-state index is 5.11. The topological polar surface area (TPSA) is 21.3 Å². The van der Waals surface area contributed by atoms with Gasteiger partial charge in [0.15, 0.2) is 0 Å². The van der Waals surface area contributed by atoms with Crippen LogP contribution in [-0.4, -0.2) is 26.8 Å². The molecule has 2 rings (SSSR count). The molecule has 21 heavy (non-hydrogen) atoms. The quantitative estimate of drug-likeness (QED) is 0.572. The van der Waals surface area contributed by atoms with Crippen LogP contribution in [0.2, 0.25) is 0 Å². The van der Waals surface area contributed by atoms with Gasteiger partial charge in [-0.15, -0.1) is 11.3 Å². The first kappa shape index (κ1) is 17.7. The average molecular weight is 437 g/mol. The average Bonchev–Trinajstić information content (AvgIpc) is 2.81. The molecule has 5 heteroatoms. The highest BCUT2D eigenvalue weighted by atomic mass is 79.9. The van der Waals surface area contributed by atoms with E-state index in [1.54, 1.807) is 24.0 Å². The summed E-state index contributed by atoms with van der Waals surface area (Å²) in [5.74, 6) is 0.744. The first-order valence-corrected chi connectivity index (χ1v) is 9.96. The summed E-state index contributed by atoms with van der Waals surface area (Å²) in [4.78, 5) is 1.32. The molecule has 118 valence electrons. The molecule has 1 saturated carbocycles. The summed E-state index contributed by atoms with van der Waals surface area (Å²) in [6.45, 7) is 2.66. The van der Waals surface area contributed by atoms with Gasteiger partial charge < -0.3 is 10.1 Å². The molecule has 0 unspecified atom stereocenters. The standard InChI is InChI=1S/C16H23Br2NOS/c1-20-8-7-19-11-13(12-5-3-2-4-6-12)9-14-10-15(17)16(18)21-14/h9-10,12,19H,2-8,11H2,1H3. The lowest BCUT2D eigenvalue weighted by Gasteiger charge is -2.25. The Balaban J connectivity index is 2.05. The van der Waals surface area contributed by atoms with Crippen LogP contribution in [0.4, 0.5) is 0 Å². The molecule has 1 aromatic heterocycles. The fourth-order valence-electron chi connectivity index (χ4n) is 2.81. The van der Waals surface area contributed by atoms with Crippen LogP contribution in [0.25, 0.3) is 6.08 Å². The molecule has 1 aliphatic carbocycles. The maximum Gasteiger partial charge on any atom is 0.0846 e. The van der Waals surface area contributed by atoms with Gasteiger partial charge in [-0.25, -0.2) is 0 Å². The number of methoxy groups -OCH3 is 1. The normalized spacial score (nSPS) is 17.4. The van der Waals surface area contributed by atoms with E-state index >= 15 is 0 Å². The summed E-state index contributed by atoms with van der Waals surface area (Å²) >= 11 is 8.95. The molecule has 0 bridgehead atoms. The van der Waals surface area contributed by atoms with E-state index in [9.17, 15) is 0 Å². The van der Waals surface area contributed by atoms with E-state index in [1.807, 2.05) is 0 Å². The molecule has 0 atom stereocenters. The fraction of sp³-hybridized carbons (Fsp3) is 0.625. The third-order valence-corrected chi connectivity index (χ3v) is 7.14. The number of nitrogens with one attached hydrogen (secondary N) is 1. The van der Waals surface area contributed by atoms with Crippen molar-refractivity contribution in [3.63, 3.8) is 0 Å². The van der Waals surface area contributed by atoms with Gasteiger partial charge in [0.05, 0.1) is 10.4 Å². The van der Waals surface area contributed by atoms with Crippen molar-refractivity contribution in [3.05, 3.63) is 24.8 Å². The first-order valence-electron chi connectivity index (χ1n) is 7.55. The van der Waals surface area contributed by atoms with Crippen molar-refractivity contribution < 1.29 is 4.74 Å². The summed E-state index contributed by atoms with van der Waals surface area (Å²) in [6.07, 6.45) is 9.21. The van der Waals surface area contributed by atoms with Gasteiger partial charge in [0, 0.05) is 29.5 Å². The smallest absolute Gasteiger partial charge is 0.0846 e. The number of rotatable bonds is 7. The zero-order valence-electron chi connectivity index (χ0n) is 12.5. The molecule has 1 N–H and O–H groups in total. The second kappa shape index (κ2) is 9.46. The van der Waals surface area contributed by atoms with E-state index in [0.717, 1.165) is 30.1 Å².